The fourth-order valence-corrected chi connectivity index (χ4v) is 3.05. The van der Waals surface area contributed by atoms with Gasteiger partial charge in [0.15, 0.2) is 0 Å². The standard InChI is InChI=1S/C16H15Cl2NO2/c17-14-8-4-7-13(15(14)18)16-11(9-20)10-21-19(16)12-5-2-1-3-6-12/h1-8,11,16,20H,9-10H2/t11-,16-/m1/s1. The van der Waals surface area contributed by atoms with Crippen LogP contribution in [0.3, 0.4) is 0 Å². The van der Waals surface area contributed by atoms with Crippen LogP contribution in [-0.2, 0) is 4.84 Å². The minimum atomic E-state index is -0.163. The maximum Gasteiger partial charge on any atom is 0.0903 e. The molecule has 21 heavy (non-hydrogen) atoms. The number of para-hydroxylation sites is 1. The van der Waals surface area contributed by atoms with Gasteiger partial charge in [-0.05, 0) is 23.8 Å². The summed E-state index contributed by atoms with van der Waals surface area (Å²) >= 11 is 12.5. The molecule has 0 radical (unpaired) electrons. The molecular weight excluding hydrogens is 309 g/mol. The number of hydrogen-bond donors (Lipinski definition) is 1. The van der Waals surface area contributed by atoms with Crippen molar-refractivity contribution in [3.63, 3.8) is 0 Å². The van der Waals surface area contributed by atoms with Gasteiger partial charge in [0.1, 0.15) is 0 Å². The van der Waals surface area contributed by atoms with Crippen molar-refractivity contribution in [1.29, 1.82) is 0 Å². The first-order valence-corrected chi connectivity index (χ1v) is 7.50. The van der Waals surface area contributed by atoms with E-state index in [0.29, 0.717) is 16.7 Å². The number of halogens is 2. The van der Waals surface area contributed by atoms with Crippen molar-refractivity contribution in [2.45, 2.75) is 6.04 Å². The first kappa shape index (κ1) is 14.7. The smallest absolute Gasteiger partial charge is 0.0903 e. The lowest BCUT2D eigenvalue weighted by molar-refractivity contribution is 0.141. The molecule has 0 spiro atoms. The van der Waals surface area contributed by atoms with Gasteiger partial charge in [0.2, 0.25) is 0 Å². The summed E-state index contributed by atoms with van der Waals surface area (Å²) in [5.74, 6) is -0.0545. The van der Waals surface area contributed by atoms with Crippen molar-refractivity contribution < 1.29 is 9.94 Å². The van der Waals surface area contributed by atoms with Crippen molar-refractivity contribution in [2.75, 3.05) is 18.3 Å². The maximum atomic E-state index is 9.64. The van der Waals surface area contributed by atoms with Crippen LogP contribution < -0.4 is 5.06 Å². The van der Waals surface area contributed by atoms with Crippen LogP contribution in [0.1, 0.15) is 11.6 Å². The zero-order chi connectivity index (χ0) is 14.8. The number of anilines is 1. The Morgan fingerprint density at radius 1 is 1.10 bits per heavy atom. The summed E-state index contributed by atoms with van der Waals surface area (Å²) in [6, 6.07) is 15.1. The van der Waals surface area contributed by atoms with Crippen LogP contribution >= 0.6 is 23.2 Å². The fourth-order valence-electron chi connectivity index (χ4n) is 2.63. The highest BCUT2D eigenvalue weighted by Crippen LogP contribution is 2.42. The summed E-state index contributed by atoms with van der Waals surface area (Å²) in [4.78, 5) is 5.78. The van der Waals surface area contributed by atoms with E-state index in [0.717, 1.165) is 11.3 Å². The van der Waals surface area contributed by atoms with Gasteiger partial charge < -0.3 is 5.11 Å². The summed E-state index contributed by atoms with van der Waals surface area (Å²) in [5, 5.41) is 12.5. The van der Waals surface area contributed by atoms with Gasteiger partial charge in [-0.15, -0.1) is 0 Å². The van der Waals surface area contributed by atoms with Gasteiger partial charge in [-0.1, -0.05) is 53.5 Å². The highest BCUT2D eigenvalue weighted by atomic mass is 35.5. The molecular formula is C16H15Cl2NO2. The quantitative estimate of drug-likeness (QED) is 0.923. The van der Waals surface area contributed by atoms with Gasteiger partial charge in [-0.25, -0.2) is 5.06 Å². The van der Waals surface area contributed by atoms with E-state index in [-0.39, 0.29) is 18.6 Å². The molecule has 2 aromatic carbocycles. The second kappa shape index (κ2) is 6.24. The number of aliphatic hydroxyl groups is 1. The molecule has 1 N–H and O–H groups in total. The first-order valence-electron chi connectivity index (χ1n) is 6.74. The van der Waals surface area contributed by atoms with Crippen molar-refractivity contribution in [1.82, 2.24) is 0 Å². The molecule has 1 heterocycles. The van der Waals surface area contributed by atoms with Crippen molar-refractivity contribution >= 4 is 28.9 Å². The number of nitrogens with zero attached hydrogens (tertiary/aromatic N) is 1. The zero-order valence-electron chi connectivity index (χ0n) is 11.2. The van der Waals surface area contributed by atoms with E-state index in [4.69, 9.17) is 28.0 Å². The van der Waals surface area contributed by atoms with Crippen LogP contribution in [-0.4, -0.2) is 18.3 Å². The SMILES string of the molecule is OC[C@@H]1CON(c2ccccc2)[C@H]1c1cccc(Cl)c1Cl. The number of benzene rings is 2. The van der Waals surface area contributed by atoms with Crippen LogP contribution in [0.15, 0.2) is 48.5 Å². The Labute approximate surface area is 133 Å². The predicted molar refractivity (Wildman–Crippen MR) is 84.7 cm³/mol. The van der Waals surface area contributed by atoms with Crippen molar-refractivity contribution in [3.8, 4) is 0 Å². The summed E-state index contributed by atoms with van der Waals surface area (Å²) in [5.41, 5.74) is 1.79. The van der Waals surface area contributed by atoms with Gasteiger partial charge in [0, 0.05) is 5.92 Å². The molecule has 1 fully saturated rings. The molecule has 1 aliphatic rings. The zero-order valence-corrected chi connectivity index (χ0v) is 12.8. The molecule has 5 heteroatoms. The van der Waals surface area contributed by atoms with Crippen molar-refractivity contribution in [3.05, 3.63) is 64.1 Å². The molecule has 2 aromatic rings. The van der Waals surface area contributed by atoms with E-state index in [1.807, 2.05) is 42.5 Å². The molecule has 0 aromatic heterocycles. The molecule has 1 aliphatic heterocycles. The van der Waals surface area contributed by atoms with E-state index >= 15 is 0 Å². The van der Waals surface area contributed by atoms with E-state index in [9.17, 15) is 5.11 Å². The molecule has 3 nitrogen and oxygen atoms in total. The van der Waals surface area contributed by atoms with Crippen LogP contribution in [0.5, 0.6) is 0 Å². The average Bonchev–Trinajstić information content (AvgIpc) is 2.94. The molecule has 110 valence electrons. The lowest BCUT2D eigenvalue weighted by Gasteiger charge is -2.28. The molecule has 0 saturated carbocycles. The van der Waals surface area contributed by atoms with E-state index in [2.05, 4.69) is 0 Å². The Morgan fingerprint density at radius 3 is 2.57 bits per heavy atom. The molecule has 0 unspecified atom stereocenters. The van der Waals surface area contributed by atoms with Crippen LogP contribution in [0.2, 0.25) is 10.0 Å². The number of hydrogen-bond acceptors (Lipinski definition) is 3. The molecule has 0 amide bonds. The van der Waals surface area contributed by atoms with Gasteiger partial charge >= 0.3 is 0 Å². The van der Waals surface area contributed by atoms with Gasteiger partial charge in [-0.2, -0.15) is 0 Å². The third-order valence-corrected chi connectivity index (χ3v) is 4.51. The van der Waals surface area contributed by atoms with Crippen LogP contribution in [0.25, 0.3) is 0 Å². The van der Waals surface area contributed by atoms with E-state index in [1.54, 1.807) is 11.1 Å². The fraction of sp³-hybridized carbons (Fsp3) is 0.250. The molecule has 1 saturated heterocycles. The van der Waals surface area contributed by atoms with Crippen molar-refractivity contribution in [2.24, 2.45) is 5.92 Å². The lowest BCUT2D eigenvalue weighted by Crippen LogP contribution is -2.26. The largest absolute Gasteiger partial charge is 0.396 e. The summed E-state index contributed by atoms with van der Waals surface area (Å²) in [6.07, 6.45) is 0. The Kier molecular flexibility index (Phi) is 4.36. The monoisotopic (exact) mass is 323 g/mol. The number of rotatable bonds is 3. The van der Waals surface area contributed by atoms with Crippen LogP contribution in [0, 0.1) is 5.92 Å². The highest BCUT2D eigenvalue weighted by Gasteiger charge is 2.38. The van der Waals surface area contributed by atoms with Gasteiger partial charge in [0.05, 0.1) is 35.0 Å². The minimum absolute atomic E-state index is 0.0246. The molecule has 3 rings (SSSR count). The Balaban J connectivity index is 2.04. The van der Waals surface area contributed by atoms with Crippen LogP contribution in [0.4, 0.5) is 5.69 Å². The lowest BCUT2D eigenvalue weighted by atomic mass is 9.94. The van der Waals surface area contributed by atoms with E-state index in [1.165, 1.54) is 0 Å². The van der Waals surface area contributed by atoms with Gasteiger partial charge in [0.25, 0.3) is 0 Å². The second-order valence-electron chi connectivity index (χ2n) is 4.99. The Morgan fingerprint density at radius 2 is 1.86 bits per heavy atom. The number of aliphatic hydroxyl groups excluding tert-OH is 1. The number of hydroxylamine groups is 1. The molecule has 0 bridgehead atoms. The topological polar surface area (TPSA) is 32.7 Å². The predicted octanol–water partition coefficient (Wildman–Crippen LogP) is 4.09. The average molecular weight is 324 g/mol. The normalized spacial score (nSPS) is 21.8. The summed E-state index contributed by atoms with van der Waals surface area (Å²) < 4.78 is 0. The summed E-state index contributed by atoms with van der Waals surface area (Å²) in [6.45, 7) is 0.468. The second-order valence-corrected chi connectivity index (χ2v) is 5.77. The Bertz CT molecular complexity index is 621. The first-order chi connectivity index (χ1) is 10.2. The van der Waals surface area contributed by atoms with Gasteiger partial charge in [-0.3, -0.25) is 4.84 Å². The Hall–Kier alpha value is -1.26. The third kappa shape index (κ3) is 2.74. The third-order valence-electron chi connectivity index (χ3n) is 3.67. The maximum absolute atomic E-state index is 9.64. The molecule has 0 aliphatic carbocycles. The highest BCUT2D eigenvalue weighted by molar-refractivity contribution is 6.42. The van der Waals surface area contributed by atoms with E-state index < -0.39 is 0 Å². The molecule has 2 atom stereocenters. The minimum Gasteiger partial charge on any atom is -0.396 e. The summed E-state index contributed by atoms with van der Waals surface area (Å²) in [7, 11) is 0.